The van der Waals surface area contributed by atoms with Crippen LogP contribution < -0.4 is 0 Å². The minimum Gasteiger partial charge on any atom is -0.138 e. The van der Waals surface area contributed by atoms with E-state index in [2.05, 4.69) is 61.1 Å². The smallest absolute Gasteiger partial charge is 0.0142 e. The third kappa shape index (κ3) is 3.51. The van der Waals surface area contributed by atoms with Crippen molar-refractivity contribution in [3.63, 3.8) is 0 Å². The summed E-state index contributed by atoms with van der Waals surface area (Å²) in [6.45, 7) is 2.12. The molecular formula is C12H14S. The van der Waals surface area contributed by atoms with E-state index in [0.717, 1.165) is 0 Å². The van der Waals surface area contributed by atoms with Gasteiger partial charge in [-0.25, -0.2) is 0 Å². The second-order valence-corrected chi connectivity index (χ2v) is 3.52. The molecule has 1 heteroatoms. The van der Waals surface area contributed by atoms with Gasteiger partial charge in [0.05, 0.1) is 0 Å². The van der Waals surface area contributed by atoms with Crippen LogP contribution in [0.15, 0.2) is 41.8 Å². The van der Waals surface area contributed by atoms with E-state index in [1.54, 1.807) is 11.8 Å². The fraction of sp³-hybridized carbons (Fsp3) is 0.167. The molecule has 1 aromatic rings. The van der Waals surface area contributed by atoms with Gasteiger partial charge in [0, 0.05) is 0 Å². The van der Waals surface area contributed by atoms with Crippen molar-refractivity contribution in [3.05, 3.63) is 53.0 Å². The van der Waals surface area contributed by atoms with E-state index in [9.17, 15) is 0 Å². The Morgan fingerprint density at radius 3 is 2.62 bits per heavy atom. The highest BCUT2D eigenvalue weighted by molar-refractivity contribution is 8.01. The molecule has 0 saturated carbocycles. The Balaban J connectivity index is 2.68. The Kier molecular flexibility index (Phi) is 4.41. The molecule has 0 aromatic heterocycles. The van der Waals surface area contributed by atoms with Gasteiger partial charge < -0.3 is 0 Å². The van der Waals surface area contributed by atoms with Crippen LogP contribution in [0.5, 0.6) is 0 Å². The van der Waals surface area contributed by atoms with E-state index in [0.29, 0.717) is 0 Å². The van der Waals surface area contributed by atoms with Crippen molar-refractivity contribution < 1.29 is 0 Å². The Bertz CT molecular complexity index is 311. The van der Waals surface area contributed by atoms with Gasteiger partial charge >= 0.3 is 0 Å². The third-order valence-corrected chi connectivity index (χ3v) is 2.22. The molecule has 1 rings (SSSR count). The first kappa shape index (κ1) is 10.1. The third-order valence-electron chi connectivity index (χ3n) is 1.79. The summed E-state index contributed by atoms with van der Waals surface area (Å²) in [6, 6.07) is 8.37. The minimum absolute atomic E-state index is 1.29. The van der Waals surface area contributed by atoms with E-state index < -0.39 is 0 Å². The zero-order valence-electron chi connectivity index (χ0n) is 8.03. The summed E-state index contributed by atoms with van der Waals surface area (Å²) < 4.78 is 0. The van der Waals surface area contributed by atoms with E-state index in [4.69, 9.17) is 0 Å². The molecular weight excluding hydrogens is 176 g/mol. The number of hydrogen-bond donors (Lipinski definition) is 0. The maximum atomic E-state index is 2.13. The Morgan fingerprint density at radius 1 is 1.15 bits per heavy atom. The molecule has 0 radical (unpaired) electrons. The van der Waals surface area contributed by atoms with Crippen LogP contribution in [0.1, 0.15) is 11.1 Å². The second kappa shape index (κ2) is 5.65. The average Bonchev–Trinajstić information content (AvgIpc) is 2.15. The predicted octanol–water partition coefficient (Wildman–Crippen LogP) is 3.88. The molecule has 0 saturated heterocycles. The lowest BCUT2D eigenvalue weighted by Crippen LogP contribution is -1.76. The van der Waals surface area contributed by atoms with Crippen LogP contribution in [0.25, 0.3) is 6.08 Å². The fourth-order valence-electron chi connectivity index (χ4n) is 1.06. The summed E-state index contributed by atoms with van der Waals surface area (Å²) in [5, 5.41) is 2.06. The Hall–Kier alpha value is -0.950. The number of allylic oxidation sites excluding steroid dienone is 2. The molecule has 68 valence electrons. The van der Waals surface area contributed by atoms with Crippen molar-refractivity contribution in [1.29, 1.82) is 0 Å². The molecule has 0 spiro atoms. The zero-order chi connectivity index (χ0) is 9.52. The normalized spacial score (nSPS) is 11.5. The SMILES string of the molecule is CS/C=C\C=C\c1ccccc1C. The summed E-state index contributed by atoms with van der Waals surface area (Å²) >= 11 is 1.71. The molecule has 0 atom stereocenters. The number of benzene rings is 1. The summed E-state index contributed by atoms with van der Waals surface area (Å²) in [5.74, 6) is 0. The molecule has 0 aliphatic heterocycles. The van der Waals surface area contributed by atoms with Crippen LogP contribution in [-0.4, -0.2) is 6.26 Å². The maximum absolute atomic E-state index is 2.13. The lowest BCUT2D eigenvalue weighted by Gasteiger charge is -1.96. The largest absolute Gasteiger partial charge is 0.138 e. The Labute approximate surface area is 84.4 Å². The highest BCUT2D eigenvalue weighted by atomic mass is 32.2. The lowest BCUT2D eigenvalue weighted by molar-refractivity contribution is 1.44. The van der Waals surface area contributed by atoms with E-state index in [1.807, 2.05) is 0 Å². The molecule has 1 aromatic carbocycles. The number of rotatable bonds is 3. The Morgan fingerprint density at radius 2 is 1.92 bits per heavy atom. The van der Waals surface area contributed by atoms with Crippen molar-refractivity contribution in [2.24, 2.45) is 0 Å². The van der Waals surface area contributed by atoms with E-state index >= 15 is 0 Å². The average molecular weight is 190 g/mol. The van der Waals surface area contributed by atoms with E-state index in [-0.39, 0.29) is 0 Å². The highest BCUT2D eigenvalue weighted by Crippen LogP contribution is 2.08. The van der Waals surface area contributed by atoms with Crippen LogP contribution in [-0.2, 0) is 0 Å². The van der Waals surface area contributed by atoms with Gasteiger partial charge in [-0.15, -0.1) is 11.8 Å². The van der Waals surface area contributed by atoms with Gasteiger partial charge in [-0.05, 0) is 29.7 Å². The zero-order valence-corrected chi connectivity index (χ0v) is 8.84. The first-order chi connectivity index (χ1) is 6.34. The molecule has 0 nitrogen and oxygen atoms in total. The van der Waals surface area contributed by atoms with Gasteiger partial charge in [-0.3, -0.25) is 0 Å². The molecule has 0 amide bonds. The standard InChI is InChI=1S/C12H14S/c1-11-7-3-4-8-12(11)9-5-6-10-13-2/h3-10H,1-2H3/b9-5+,10-6-. The van der Waals surface area contributed by atoms with Crippen LogP contribution in [0, 0.1) is 6.92 Å². The molecule has 0 fully saturated rings. The van der Waals surface area contributed by atoms with Gasteiger partial charge in [0.15, 0.2) is 0 Å². The van der Waals surface area contributed by atoms with Crippen LogP contribution >= 0.6 is 11.8 Å². The molecule has 0 aliphatic carbocycles. The van der Waals surface area contributed by atoms with Crippen LogP contribution in [0.4, 0.5) is 0 Å². The predicted molar refractivity (Wildman–Crippen MR) is 62.9 cm³/mol. The van der Waals surface area contributed by atoms with Crippen LogP contribution in [0.2, 0.25) is 0 Å². The minimum atomic E-state index is 1.29. The van der Waals surface area contributed by atoms with Crippen LogP contribution in [0.3, 0.4) is 0 Å². The molecule has 0 unspecified atom stereocenters. The molecule has 0 heterocycles. The number of hydrogen-bond acceptors (Lipinski definition) is 1. The summed E-state index contributed by atoms with van der Waals surface area (Å²) in [6.07, 6.45) is 8.30. The fourth-order valence-corrected chi connectivity index (χ4v) is 1.30. The summed E-state index contributed by atoms with van der Waals surface area (Å²) in [7, 11) is 0. The monoisotopic (exact) mass is 190 g/mol. The highest BCUT2D eigenvalue weighted by Gasteiger charge is 1.88. The van der Waals surface area contributed by atoms with Gasteiger partial charge in [0.2, 0.25) is 0 Å². The molecule has 0 bridgehead atoms. The van der Waals surface area contributed by atoms with Crippen molar-refractivity contribution >= 4 is 17.8 Å². The van der Waals surface area contributed by atoms with Crippen molar-refractivity contribution in [2.45, 2.75) is 6.92 Å². The first-order valence-corrected chi connectivity index (χ1v) is 5.55. The van der Waals surface area contributed by atoms with Gasteiger partial charge in [0.1, 0.15) is 0 Å². The topological polar surface area (TPSA) is 0 Å². The summed E-state index contributed by atoms with van der Waals surface area (Å²) in [5.41, 5.74) is 2.60. The second-order valence-electron chi connectivity index (χ2n) is 2.78. The van der Waals surface area contributed by atoms with Gasteiger partial charge in [-0.1, -0.05) is 42.5 Å². The van der Waals surface area contributed by atoms with Gasteiger partial charge in [0.25, 0.3) is 0 Å². The van der Waals surface area contributed by atoms with Crippen molar-refractivity contribution in [1.82, 2.24) is 0 Å². The number of thioether (sulfide) groups is 1. The van der Waals surface area contributed by atoms with Crippen molar-refractivity contribution in [3.8, 4) is 0 Å². The molecule has 0 aliphatic rings. The van der Waals surface area contributed by atoms with Crippen molar-refractivity contribution in [2.75, 3.05) is 6.26 Å². The summed E-state index contributed by atoms with van der Waals surface area (Å²) in [4.78, 5) is 0. The van der Waals surface area contributed by atoms with E-state index in [1.165, 1.54) is 11.1 Å². The molecule has 13 heavy (non-hydrogen) atoms. The quantitative estimate of drug-likeness (QED) is 0.652. The first-order valence-electron chi connectivity index (χ1n) is 4.26. The molecule has 0 N–H and O–H groups in total. The van der Waals surface area contributed by atoms with Gasteiger partial charge in [-0.2, -0.15) is 0 Å². The lowest BCUT2D eigenvalue weighted by atomic mass is 10.1. The number of aryl methyl sites for hydroxylation is 1. The maximum Gasteiger partial charge on any atom is -0.0142 e.